The highest BCUT2D eigenvalue weighted by Gasteiger charge is 2.30. The standard InChI is InChI=1S/C10H10F3NO2S/c1-7(14)6-17(15,16)9-4-2-8(3-5-9)10(11,12)13/h2-5,14H,6H2,1H3. The van der Waals surface area contributed by atoms with E-state index in [1.807, 2.05) is 0 Å². The Morgan fingerprint density at radius 1 is 1.24 bits per heavy atom. The van der Waals surface area contributed by atoms with Crippen LogP contribution < -0.4 is 0 Å². The second kappa shape index (κ2) is 4.48. The first-order valence-corrected chi connectivity index (χ1v) is 6.22. The van der Waals surface area contributed by atoms with Gasteiger partial charge in [0.2, 0.25) is 0 Å². The number of hydrogen-bond acceptors (Lipinski definition) is 3. The summed E-state index contributed by atoms with van der Waals surface area (Å²) in [4.78, 5) is -0.211. The van der Waals surface area contributed by atoms with E-state index in [1.54, 1.807) is 0 Å². The Balaban J connectivity index is 3.08. The molecule has 94 valence electrons. The summed E-state index contributed by atoms with van der Waals surface area (Å²) in [7, 11) is -3.71. The van der Waals surface area contributed by atoms with E-state index >= 15 is 0 Å². The average molecular weight is 265 g/mol. The highest BCUT2D eigenvalue weighted by molar-refractivity contribution is 7.92. The zero-order chi connectivity index (χ0) is 13.3. The fourth-order valence-electron chi connectivity index (χ4n) is 1.22. The van der Waals surface area contributed by atoms with Gasteiger partial charge in [-0.25, -0.2) is 8.42 Å². The minimum atomic E-state index is -4.49. The summed E-state index contributed by atoms with van der Waals surface area (Å²) in [5.74, 6) is -0.488. The van der Waals surface area contributed by atoms with E-state index in [9.17, 15) is 21.6 Å². The summed E-state index contributed by atoms with van der Waals surface area (Å²) in [6.45, 7) is 1.32. The zero-order valence-electron chi connectivity index (χ0n) is 8.88. The van der Waals surface area contributed by atoms with Crippen LogP contribution in [-0.4, -0.2) is 19.9 Å². The van der Waals surface area contributed by atoms with E-state index in [4.69, 9.17) is 5.41 Å². The lowest BCUT2D eigenvalue weighted by Crippen LogP contribution is -2.13. The molecule has 0 unspecified atom stereocenters. The summed E-state index contributed by atoms with van der Waals surface area (Å²) in [6, 6.07) is 3.24. The monoisotopic (exact) mass is 265 g/mol. The van der Waals surface area contributed by atoms with Gasteiger partial charge in [0.25, 0.3) is 0 Å². The second-order valence-corrected chi connectivity index (χ2v) is 5.55. The van der Waals surface area contributed by atoms with E-state index in [0.717, 1.165) is 12.1 Å². The van der Waals surface area contributed by atoms with E-state index in [-0.39, 0.29) is 10.6 Å². The third-order valence-corrected chi connectivity index (χ3v) is 3.75. The quantitative estimate of drug-likeness (QED) is 0.854. The third kappa shape index (κ3) is 3.55. The molecule has 0 aliphatic carbocycles. The molecule has 1 N–H and O–H groups in total. The van der Waals surface area contributed by atoms with Crippen LogP contribution in [-0.2, 0) is 16.0 Å². The fraction of sp³-hybridized carbons (Fsp3) is 0.300. The predicted molar refractivity (Wildman–Crippen MR) is 56.9 cm³/mol. The zero-order valence-corrected chi connectivity index (χ0v) is 9.69. The normalized spacial score (nSPS) is 12.5. The molecule has 0 radical (unpaired) electrons. The lowest BCUT2D eigenvalue weighted by atomic mass is 10.2. The van der Waals surface area contributed by atoms with Gasteiger partial charge < -0.3 is 5.41 Å². The van der Waals surface area contributed by atoms with Crippen LogP contribution in [0.15, 0.2) is 29.2 Å². The van der Waals surface area contributed by atoms with Crippen LogP contribution in [0, 0.1) is 5.41 Å². The Kier molecular flexibility index (Phi) is 3.61. The maximum Gasteiger partial charge on any atom is 0.416 e. The number of nitrogens with one attached hydrogen (secondary N) is 1. The fourth-order valence-corrected chi connectivity index (χ4v) is 2.51. The van der Waals surface area contributed by atoms with Crippen LogP contribution in [0.5, 0.6) is 0 Å². The predicted octanol–water partition coefficient (Wildman–Crippen LogP) is 2.52. The highest BCUT2D eigenvalue weighted by Crippen LogP contribution is 2.29. The highest BCUT2D eigenvalue weighted by atomic mass is 32.2. The van der Waals surface area contributed by atoms with Crippen molar-refractivity contribution in [1.82, 2.24) is 0 Å². The molecule has 1 aromatic carbocycles. The minimum Gasteiger partial charge on any atom is -0.309 e. The molecule has 17 heavy (non-hydrogen) atoms. The summed E-state index contributed by atoms with van der Waals surface area (Å²) >= 11 is 0. The van der Waals surface area contributed by atoms with Gasteiger partial charge in [-0.3, -0.25) is 0 Å². The number of rotatable bonds is 3. The second-order valence-electron chi connectivity index (χ2n) is 3.56. The number of benzene rings is 1. The molecular weight excluding hydrogens is 255 g/mol. The molecule has 0 spiro atoms. The van der Waals surface area contributed by atoms with Crippen LogP contribution in [0.1, 0.15) is 12.5 Å². The molecule has 0 aromatic heterocycles. The summed E-state index contributed by atoms with van der Waals surface area (Å²) in [5.41, 5.74) is -0.965. The topological polar surface area (TPSA) is 58.0 Å². The summed E-state index contributed by atoms with van der Waals surface area (Å²) in [5, 5.41) is 7.08. The van der Waals surface area contributed by atoms with Crippen molar-refractivity contribution in [2.45, 2.75) is 18.0 Å². The van der Waals surface area contributed by atoms with Crippen molar-refractivity contribution < 1.29 is 21.6 Å². The number of sulfone groups is 1. The maximum atomic E-state index is 12.2. The molecule has 0 aliphatic heterocycles. The number of alkyl halides is 3. The molecule has 0 fully saturated rings. The van der Waals surface area contributed by atoms with Crippen molar-refractivity contribution in [3.8, 4) is 0 Å². The van der Waals surface area contributed by atoms with Gasteiger partial charge in [-0.15, -0.1) is 0 Å². The van der Waals surface area contributed by atoms with Gasteiger partial charge in [0.05, 0.1) is 16.2 Å². The molecule has 1 aromatic rings. The Morgan fingerprint density at radius 2 is 1.71 bits per heavy atom. The third-order valence-electron chi connectivity index (χ3n) is 1.95. The van der Waals surface area contributed by atoms with Gasteiger partial charge in [-0.2, -0.15) is 13.2 Å². The van der Waals surface area contributed by atoms with Gasteiger partial charge >= 0.3 is 6.18 Å². The first kappa shape index (κ1) is 13.7. The molecule has 0 saturated heterocycles. The average Bonchev–Trinajstić information content (AvgIpc) is 2.14. The Hall–Kier alpha value is -1.37. The first-order valence-electron chi connectivity index (χ1n) is 4.57. The van der Waals surface area contributed by atoms with Gasteiger partial charge in [0.15, 0.2) is 9.84 Å². The molecule has 0 aliphatic rings. The minimum absolute atomic E-state index is 0.0649. The SMILES string of the molecule is CC(=N)CS(=O)(=O)c1ccc(C(F)(F)F)cc1. The van der Waals surface area contributed by atoms with E-state index < -0.39 is 27.3 Å². The first-order chi connectivity index (χ1) is 7.63. The molecule has 0 bridgehead atoms. The Bertz CT molecular complexity index is 517. The van der Waals surface area contributed by atoms with Crippen molar-refractivity contribution >= 4 is 15.5 Å². The molecule has 7 heteroatoms. The van der Waals surface area contributed by atoms with Crippen molar-refractivity contribution in [1.29, 1.82) is 5.41 Å². The number of hydrogen-bond donors (Lipinski definition) is 1. The van der Waals surface area contributed by atoms with Crippen LogP contribution in [0.2, 0.25) is 0 Å². The largest absolute Gasteiger partial charge is 0.416 e. The Labute approximate surface area is 96.7 Å². The number of halogens is 3. The lowest BCUT2D eigenvalue weighted by molar-refractivity contribution is -0.137. The lowest BCUT2D eigenvalue weighted by Gasteiger charge is -2.08. The van der Waals surface area contributed by atoms with Crippen LogP contribution in [0.25, 0.3) is 0 Å². The van der Waals surface area contributed by atoms with Crippen LogP contribution in [0.3, 0.4) is 0 Å². The van der Waals surface area contributed by atoms with Crippen molar-refractivity contribution in [2.75, 3.05) is 5.75 Å². The van der Waals surface area contributed by atoms with Crippen molar-refractivity contribution in [3.05, 3.63) is 29.8 Å². The summed E-state index contributed by atoms with van der Waals surface area (Å²) < 4.78 is 59.9. The molecular formula is C10H10F3NO2S. The summed E-state index contributed by atoms with van der Waals surface area (Å²) in [6.07, 6.45) is -4.49. The van der Waals surface area contributed by atoms with Crippen molar-refractivity contribution in [2.24, 2.45) is 0 Å². The van der Waals surface area contributed by atoms with E-state index in [0.29, 0.717) is 12.1 Å². The van der Waals surface area contributed by atoms with Gasteiger partial charge in [-0.05, 0) is 31.2 Å². The molecule has 1 rings (SSSR count). The molecule has 0 heterocycles. The smallest absolute Gasteiger partial charge is 0.309 e. The molecule has 0 amide bonds. The van der Waals surface area contributed by atoms with E-state index in [2.05, 4.69) is 0 Å². The van der Waals surface area contributed by atoms with E-state index in [1.165, 1.54) is 6.92 Å². The van der Waals surface area contributed by atoms with Gasteiger partial charge in [-0.1, -0.05) is 0 Å². The molecule has 3 nitrogen and oxygen atoms in total. The molecule has 0 saturated carbocycles. The van der Waals surface area contributed by atoms with Crippen LogP contribution >= 0.6 is 0 Å². The van der Waals surface area contributed by atoms with Gasteiger partial charge in [0.1, 0.15) is 0 Å². The maximum absolute atomic E-state index is 12.2. The van der Waals surface area contributed by atoms with Gasteiger partial charge in [0, 0.05) is 5.71 Å². The van der Waals surface area contributed by atoms with Crippen LogP contribution in [0.4, 0.5) is 13.2 Å². The molecule has 0 atom stereocenters. The Morgan fingerprint density at radius 3 is 2.06 bits per heavy atom. The van der Waals surface area contributed by atoms with Crippen molar-refractivity contribution in [3.63, 3.8) is 0 Å².